The summed E-state index contributed by atoms with van der Waals surface area (Å²) in [5.74, 6) is 0.336. The van der Waals surface area contributed by atoms with Gasteiger partial charge in [0.25, 0.3) is 0 Å². The second kappa shape index (κ2) is 7.47. The molecule has 0 atom stereocenters. The molecule has 2 N–H and O–H groups in total. The highest BCUT2D eigenvalue weighted by Gasteiger charge is 2.18. The number of carbonyl (C=O) groups excluding carboxylic acids is 1. The number of anilines is 1. The predicted molar refractivity (Wildman–Crippen MR) is 89.6 cm³/mol. The monoisotopic (exact) mass is 348 g/mol. The first-order valence-corrected chi connectivity index (χ1v) is 8.09. The average molecular weight is 349 g/mol. The van der Waals surface area contributed by atoms with Crippen molar-refractivity contribution in [1.29, 1.82) is 0 Å². The number of amides is 2. The van der Waals surface area contributed by atoms with Crippen LogP contribution in [0.15, 0.2) is 12.1 Å². The normalized spacial score (nSPS) is 15.8. The summed E-state index contributed by atoms with van der Waals surface area (Å²) in [7, 11) is 0. The van der Waals surface area contributed by atoms with E-state index in [0.717, 1.165) is 17.1 Å². The van der Waals surface area contributed by atoms with Crippen LogP contribution in [0.2, 0.25) is 10.0 Å². The molecule has 2 amide bonds. The van der Waals surface area contributed by atoms with Gasteiger partial charge in [0.15, 0.2) is 5.75 Å². The van der Waals surface area contributed by atoms with Gasteiger partial charge in [-0.3, -0.25) is 0 Å². The molecule has 0 saturated heterocycles. The zero-order valence-electron chi connectivity index (χ0n) is 11.5. The smallest absolute Gasteiger partial charge is 0.331 e. The summed E-state index contributed by atoms with van der Waals surface area (Å²) >= 11 is 15.8. The Balaban J connectivity index is 1.95. The zero-order valence-corrected chi connectivity index (χ0v) is 13.9. The van der Waals surface area contributed by atoms with Crippen LogP contribution in [0.5, 0.6) is 5.75 Å². The number of phenolic OH excluding ortho intramolecular Hbond substituents is 1. The predicted octanol–water partition coefficient (Wildman–Crippen LogP) is 4.64. The lowest BCUT2D eigenvalue weighted by atomic mass is 9.89. The average Bonchev–Trinajstić information content (AvgIpc) is 2.50. The minimum absolute atomic E-state index is 0.0802. The summed E-state index contributed by atoms with van der Waals surface area (Å²) in [6.07, 6.45) is 6.06. The van der Waals surface area contributed by atoms with Gasteiger partial charge < -0.3 is 10.4 Å². The van der Waals surface area contributed by atoms with E-state index < -0.39 is 0 Å². The molecule has 0 aliphatic heterocycles. The maximum absolute atomic E-state index is 12.1. The van der Waals surface area contributed by atoms with Gasteiger partial charge in [-0.1, -0.05) is 55.3 Å². The maximum atomic E-state index is 12.1. The van der Waals surface area contributed by atoms with E-state index in [1.807, 2.05) is 0 Å². The molecule has 0 bridgehead atoms. The Bertz CT molecular complexity index is 499. The Morgan fingerprint density at radius 1 is 1.29 bits per heavy atom. The lowest BCUT2D eigenvalue weighted by molar-refractivity contribution is 0.245. The lowest BCUT2D eigenvalue weighted by Crippen LogP contribution is -2.37. The Morgan fingerprint density at radius 2 is 1.86 bits per heavy atom. The Morgan fingerprint density at radius 3 is 2.43 bits per heavy atom. The molecular formula is C14H18Cl2N2O2S. The quantitative estimate of drug-likeness (QED) is 0.697. The third-order valence-electron chi connectivity index (χ3n) is 3.71. The van der Waals surface area contributed by atoms with Crippen LogP contribution in [-0.4, -0.2) is 17.7 Å². The van der Waals surface area contributed by atoms with Gasteiger partial charge in [0.2, 0.25) is 0 Å². The number of benzene rings is 1. The molecule has 1 aliphatic carbocycles. The SMILES string of the molecule is O=C(NCC1CCCCC1)N(S)c1cc(Cl)c(O)c(Cl)c1. The Hall–Kier alpha value is -0.780. The molecule has 0 unspecified atom stereocenters. The highest BCUT2D eigenvalue weighted by atomic mass is 35.5. The van der Waals surface area contributed by atoms with Crippen LogP contribution in [0.3, 0.4) is 0 Å². The number of hydrogen-bond donors (Lipinski definition) is 3. The molecule has 1 aromatic carbocycles. The molecule has 4 nitrogen and oxygen atoms in total. The van der Waals surface area contributed by atoms with Crippen molar-refractivity contribution in [1.82, 2.24) is 5.32 Å². The van der Waals surface area contributed by atoms with Crippen LogP contribution in [0.25, 0.3) is 0 Å². The largest absolute Gasteiger partial charge is 0.505 e. The van der Waals surface area contributed by atoms with Gasteiger partial charge in [0, 0.05) is 6.54 Å². The third-order valence-corrected chi connectivity index (χ3v) is 4.69. The van der Waals surface area contributed by atoms with Crippen LogP contribution in [-0.2, 0) is 0 Å². The number of hydrogen-bond acceptors (Lipinski definition) is 3. The standard InChI is InChI=1S/C14H18Cl2N2O2S/c15-11-6-10(7-12(16)13(11)19)18(21)14(20)17-8-9-4-2-1-3-5-9/h6-7,9,19,21H,1-5,8H2,(H,17,20). The van der Waals surface area contributed by atoms with Crippen molar-refractivity contribution in [2.45, 2.75) is 32.1 Å². The van der Waals surface area contributed by atoms with E-state index in [2.05, 4.69) is 18.1 Å². The summed E-state index contributed by atoms with van der Waals surface area (Å²) in [5.41, 5.74) is 0.410. The van der Waals surface area contributed by atoms with Crippen molar-refractivity contribution >= 4 is 47.7 Å². The number of thiol groups is 1. The fraction of sp³-hybridized carbons (Fsp3) is 0.500. The molecule has 0 spiro atoms. The van der Waals surface area contributed by atoms with Crippen molar-refractivity contribution in [3.05, 3.63) is 22.2 Å². The fourth-order valence-electron chi connectivity index (χ4n) is 2.49. The highest BCUT2D eigenvalue weighted by molar-refractivity contribution is 7.82. The molecule has 1 aromatic rings. The second-order valence-corrected chi connectivity index (χ2v) is 6.47. The number of rotatable bonds is 3. The van der Waals surface area contributed by atoms with Gasteiger partial charge >= 0.3 is 6.03 Å². The first-order chi connectivity index (χ1) is 9.99. The first-order valence-electron chi connectivity index (χ1n) is 6.94. The first kappa shape index (κ1) is 16.6. The van der Waals surface area contributed by atoms with Crippen molar-refractivity contribution in [3.63, 3.8) is 0 Å². The molecule has 0 heterocycles. The summed E-state index contributed by atoms with van der Waals surface area (Å²) in [6, 6.07) is 2.55. The third kappa shape index (κ3) is 4.34. The molecule has 0 radical (unpaired) electrons. The van der Waals surface area contributed by atoms with E-state index in [-0.39, 0.29) is 21.8 Å². The molecule has 116 valence electrons. The minimum Gasteiger partial charge on any atom is -0.505 e. The molecule has 2 rings (SSSR count). The topological polar surface area (TPSA) is 52.6 Å². The minimum atomic E-state index is -0.332. The van der Waals surface area contributed by atoms with E-state index >= 15 is 0 Å². The molecule has 1 aliphatic rings. The van der Waals surface area contributed by atoms with Crippen LogP contribution < -0.4 is 9.62 Å². The summed E-state index contributed by atoms with van der Waals surface area (Å²) in [6.45, 7) is 0.648. The molecule has 7 heteroatoms. The summed E-state index contributed by atoms with van der Waals surface area (Å²) < 4.78 is 1.14. The van der Waals surface area contributed by atoms with Crippen LogP contribution in [0.1, 0.15) is 32.1 Å². The summed E-state index contributed by atoms with van der Waals surface area (Å²) in [5, 5.41) is 12.5. The van der Waals surface area contributed by atoms with Gasteiger partial charge in [-0.15, -0.1) is 0 Å². The van der Waals surface area contributed by atoms with Gasteiger partial charge in [0.05, 0.1) is 15.7 Å². The number of aromatic hydroxyl groups is 1. The Labute approximate surface area is 140 Å². The molecule has 1 saturated carbocycles. The van der Waals surface area contributed by atoms with Crippen molar-refractivity contribution in [2.75, 3.05) is 10.8 Å². The van der Waals surface area contributed by atoms with E-state index in [1.165, 1.54) is 31.4 Å². The zero-order chi connectivity index (χ0) is 15.4. The van der Waals surface area contributed by atoms with Crippen LogP contribution in [0, 0.1) is 5.92 Å². The summed E-state index contributed by atoms with van der Waals surface area (Å²) in [4.78, 5) is 12.1. The van der Waals surface area contributed by atoms with E-state index in [0.29, 0.717) is 18.2 Å². The van der Waals surface area contributed by atoms with Crippen molar-refractivity contribution < 1.29 is 9.90 Å². The number of nitrogens with zero attached hydrogens (tertiary/aromatic N) is 1. The maximum Gasteiger partial charge on any atom is 0.331 e. The fourth-order valence-corrected chi connectivity index (χ4v) is 3.15. The van der Waals surface area contributed by atoms with E-state index in [1.54, 1.807) is 0 Å². The van der Waals surface area contributed by atoms with Gasteiger partial charge in [-0.2, -0.15) is 0 Å². The number of phenols is 1. The number of urea groups is 1. The number of nitrogens with one attached hydrogen (secondary N) is 1. The number of halogens is 2. The van der Waals surface area contributed by atoms with Crippen LogP contribution >= 0.6 is 36.0 Å². The molecular weight excluding hydrogens is 331 g/mol. The van der Waals surface area contributed by atoms with E-state index in [9.17, 15) is 9.90 Å². The van der Waals surface area contributed by atoms with Crippen molar-refractivity contribution in [2.24, 2.45) is 5.92 Å². The lowest BCUT2D eigenvalue weighted by Gasteiger charge is -2.23. The highest BCUT2D eigenvalue weighted by Crippen LogP contribution is 2.36. The Kier molecular flexibility index (Phi) is 5.90. The van der Waals surface area contributed by atoms with Gasteiger partial charge in [-0.25, -0.2) is 9.10 Å². The van der Waals surface area contributed by atoms with Crippen molar-refractivity contribution in [3.8, 4) is 5.75 Å². The molecule has 0 aromatic heterocycles. The van der Waals surface area contributed by atoms with E-state index in [4.69, 9.17) is 23.2 Å². The van der Waals surface area contributed by atoms with Gasteiger partial charge in [0.1, 0.15) is 0 Å². The molecule has 1 fully saturated rings. The second-order valence-electron chi connectivity index (χ2n) is 5.26. The number of carbonyl (C=O) groups is 1. The van der Waals surface area contributed by atoms with Gasteiger partial charge in [-0.05, 0) is 30.9 Å². The molecule has 21 heavy (non-hydrogen) atoms. The van der Waals surface area contributed by atoms with Crippen LogP contribution in [0.4, 0.5) is 10.5 Å².